The molecule has 4 nitrogen and oxygen atoms in total. The van der Waals surface area contributed by atoms with E-state index in [1.807, 2.05) is 23.6 Å². The van der Waals surface area contributed by atoms with Crippen LogP contribution in [0.5, 0.6) is 0 Å². The standard InChI is InChI=1S/C12H17NOS.C11H15NOS/c1-2-13-12(11-7-5-9-15-11)8-4-3-6-10(12)14;12-11(6-2-1-5-10(11)13)9-4-3-7-14-8-9/h5,7,9,13H,2-4,6,8H2,1H3;3-4,7H,1-2,5-6,8,12H2. The van der Waals surface area contributed by atoms with Crippen LogP contribution in [-0.2, 0) is 15.1 Å². The Kier molecular flexibility index (Phi) is 7.91. The van der Waals surface area contributed by atoms with E-state index in [9.17, 15) is 9.59 Å². The van der Waals surface area contributed by atoms with E-state index >= 15 is 0 Å². The Morgan fingerprint density at radius 3 is 2.45 bits per heavy atom. The monoisotopic (exact) mass is 432 g/mol. The Morgan fingerprint density at radius 2 is 1.86 bits per heavy atom. The number of nitrogens with one attached hydrogen (secondary N) is 1. The molecule has 1 aromatic rings. The first-order chi connectivity index (χ1) is 14.0. The van der Waals surface area contributed by atoms with Gasteiger partial charge in [-0.2, -0.15) is 0 Å². The van der Waals surface area contributed by atoms with Gasteiger partial charge in [-0.3, -0.25) is 9.59 Å². The maximum atomic E-state index is 12.1. The molecule has 6 heteroatoms. The Bertz CT molecular complexity index is 768. The number of carbonyl (C=O) groups is 2. The molecule has 0 saturated heterocycles. The largest absolute Gasteiger partial charge is 0.316 e. The lowest BCUT2D eigenvalue weighted by molar-refractivity contribution is -0.128. The SMILES string of the molecule is CCNC1(c2cccs2)CCCCC1=O.NC1(C2=CC=CSC2)CCCCC1=O. The fourth-order valence-corrected chi connectivity index (χ4v) is 6.22. The first-order valence-electron chi connectivity index (χ1n) is 10.7. The van der Waals surface area contributed by atoms with E-state index in [1.54, 1.807) is 23.1 Å². The molecule has 3 N–H and O–H groups in total. The van der Waals surface area contributed by atoms with Crippen molar-refractivity contribution in [2.75, 3.05) is 12.3 Å². The predicted molar refractivity (Wildman–Crippen MR) is 123 cm³/mol. The second-order valence-corrected chi connectivity index (χ2v) is 9.82. The number of thioether (sulfide) groups is 1. The Balaban J connectivity index is 0.000000166. The minimum atomic E-state index is -0.643. The van der Waals surface area contributed by atoms with Gasteiger partial charge >= 0.3 is 0 Å². The van der Waals surface area contributed by atoms with Gasteiger partial charge in [-0.15, -0.1) is 23.1 Å². The average Bonchev–Trinajstić information content (AvgIpc) is 3.29. The van der Waals surface area contributed by atoms with Gasteiger partial charge in [-0.05, 0) is 54.7 Å². The molecule has 4 rings (SSSR count). The topological polar surface area (TPSA) is 72.2 Å². The highest BCUT2D eigenvalue weighted by molar-refractivity contribution is 8.02. The highest BCUT2D eigenvalue weighted by Crippen LogP contribution is 2.37. The van der Waals surface area contributed by atoms with Gasteiger partial charge in [-0.25, -0.2) is 0 Å². The molecule has 0 spiro atoms. The van der Waals surface area contributed by atoms with Crippen LogP contribution < -0.4 is 11.1 Å². The van der Waals surface area contributed by atoms with Crippen molar-refractivity contribution in [3.63, 3.8) is 0 Å². The number of Topliss-reactive ketones (excluding diaryl/α,β-unsaturated/α-hetero) is 2. The third-order valence-electron chi connectivity index (χ3n) is 6.11. The summed E-state index contributed by atoms with van der Waals surface area (Å²) in [6.45, 7) is 2.92. The molecule has 0 bridgehead atoms. The molecule has 0 amide bonds. The van der Waals surface area contributed by atoms with Gasteiger partial charge in [0, 0.05) is 23.5 Å². The Labute approximate surface area is 182 Å². The van der Waals surface area contributed by atoms with Crippen molar-refractivity contribution in [2.24, 2.45) is 5.73 Å². The van der Waals surface area contributed by atoms with Gasteiger partial charge in [-0.1, -0.05) is 38.0 Å². The number of rotatable bonds is 4. The van der Waals surface area contributed by atoms with Gasteiger partial charge in [0.15, 0.2) is 11.6 Å². The Hall–Kier alpha value is -1.21. The van der Waals surface area contributed by atoms with Gasteiger partial charge in [0.05, 0.1) is 5.54 Å². The van der Waals surface area contributed by atoms with Crippen molar-refractivity contribution in [3.05, 3.63) is 45.5 Å². The molecule has 2 saturated carbocycles. The summed E-state index contributed by atoms with van der Waals surface area (Å²) in [7, 11) is 0. The maximum absolute atomic E-state index is 12.1. The number of carbonyl (C=O) groups excluding carboxylic acids is 2. The fourth-order valence-electron chi connectivity index (χ4n) is 4.45. The summed E-state index contributed by atoms with van der Waals surface area (Å²) in [4.78, 5) is 25.2. The van der Waals surface area contributed by atoms with E-state index in [2.05, 4.69) is 23.7 Å². The second kappa shape index (κ2) is 10.2. The molecule has 0 radical (unpaired) electrons. The van der Waals surface area contributed by atoms with Crippen LogP contribution in [0.15, 0.2) is 40.6 Å². The zero-order valence-electron chi connectivity index (χ0n) is 17.2. The van der Waals surface area contributed by atoms with E-state index in [4.69, 9.17) is 5.73 Å². The number of allylic oxidation sites excluding steroid dienone is 2. The van der Waals surface area contributed by atoms with Crippen LogP contribution in [0.4, 0.5) is 0 Å². The number of hydrogen-bond donors (Lipinski definition) is 2. The summed E-state index contributed by atoms with van der Waals surface area (Å²) in [6, 6.07) is 4.11. The first-order valence-corrected chi connectivity index (χ1v) is 12.6. The molecule has 29 heavy (non-hydrogen) atoms. The lowest BCUT2D eigenvalue weighted by Crippen LogP contribution is -2.52. The third kappa shape index (κ3) is 4.93. The maximum Gasteiger partial charge on any atom is 0.158 e. The van der Waals surface area contributed by atoms with Crippen molar-refractivity contribution in [3.8, 4) is 0 Å². The highest BCUT2D eigenvalue weighted by atomic mass is 32.2. The number of thiophene rings is 1. The molecular weight excluding hydrogens is 400 g/mol. The zero-order valence-corrected chi connectivity index (χ0v) is 18.9. The third-order valence-corrected chi connectivity index (χ3v) is 7.97. The van der Waals surface area contributed by atoms with Crippen LogP contribution in [-0.4, -0.2) is 29.4 Å². The summed E-state index contributed by atoms with van der Waals surface area (Å²) in [6.07, 6.45) is 11.5. The van der Waals surface area contributed by atoms with E-state index in [1.165, 1.54) is 4.88 Å². The Morgan fingerprint density at radius 1 is 1.10 bits per heavy atom. The molecule has 2 atom stereocenters. The number of ketones is 2. The van der Waals surface area contributed by atoms with Gasteiger partial charge in [0.25, 0.3) is 0 Å². The number of hydrogen-bond acceptors (Lipinski definition) is 6. The van der Waals surface area contributed by atoms with Crippen molar-refractivity contribution < 1.29 is 9.59 Å². The molecule has 3 aliphatic rings. The van der Waals surface area contributed by atoms with Gasteiger partial charge in [0.1, 0.15) is 5.54 Å². The molecule has 1 aliphatic heterocycles. The molecular formula is C23H32N2O2S2. The van der Waals surface area contributed by atoms with Crippen LogP contribution in [0.3, 0.4) is 0 Å². The lowest BCUT2D eigenvalue weighted by Gasteiger charge is -2.35. The average molecular weight is 433 g/mol. The van der Waals surface area contributed by atoms with E-state index < -0.39 is 5.54 Å². The normalized spacial score (nSPS) is 29.8. The summed E-state index contributed by atoms with van der Waals surface area (Å²) in [5.41, 5.74) is 6.32. The quantitative estimate of drug-likeness (QED) is 0.721. The first kappa shape index (κ1) is 22.5. The number of nitrogens with two attached hydrogens (primary N) is 1. The van der Waals surface area contributed by atoms with Crippen molar-refractivity contribution in [1.82, 2.24) is 5.32 Å². The van der Waals surface area contributed by atoms with Gasteiger partial charge in [0.2, 0.25) is 0 Å². The molecule has 158 valence electrons. The van der Waals surface area contributed by atoms with Crippen LogP contribution in [0.2, 0.25) is 0 Å². The lowest BCUT2D eigenvalue weighted by atomic mass is 9.76. The minimum absolute atomic E-state index is 0.228. The molecule has 1 aromatic heterocycles. The highest BCUT2D eigenvalue weighted by Gasteiger charge is 2.41. The van der Waals surface area contributed by atoms with Crippen molar-refractivity contribution in [1.29, 1.82) is 0 Å². The zero-order chi connectivity index (χ0) is 20.7. The minimum Gasteiger partial charge on any atom is -0.316 e. The molecule has 2 aliphatic carbocycles. The van der Waals surface area contributed by atoms with Crippen LogP contribution in [0.25, 0.3) is 0 Å². The molecule has 2 unspecified atom stereocenters. The second-order valence-electron chi connectivity index (χ2n) is 7.98. The fraction of sp³-hybridized carbons (Fsp3) is 0.565. The van der Waals surface area contributed by atoms with Crippen LogP contribution in [0, 0.1) is 0 Å². The number of likely N-dealkylation sites (N-methyl/N-ethyl adjacent to an activating group) is 1. The molecule has 2 heterocycles. The van der Waals surface area contributed by atoms with E-state index in [-0.39, 0.29) is 11.3 Å². The van der Waals surface area contributed by atoms with Crippen molar-refractivity contribution in [2.45, 2.75) is 69.4 Å². The summed E-state index contributed by atoms with van der Waals surface area (Å²) < 4.78 is 0. The molecule has 2 fully saturated rings. The smallest absolute Gasteiger partial charge is 0.158 e. The van der Waals surface area contributed by atoms with Crippen LogP contribution in [0.1, 0.15) is 63.2 Å². The summed E-state index contributed by atoms with van der Waals surface area (Å²) in [5.74, 6) is 1.47. The molecule has 0 aromatic carbocycles. The van der Waals surface area contributed by atoms with E-state index in [0.717, 1.165) is 62.8 Å². The summed E-state index contributed by atoms with van der Waals surface area (Å²) in [5, 5.41) is 7.50. The van der Waals surface area contributed by atoms with Gasteiger partial charge < -0.3 is 11.1 Å². The van der Waals surface area contributed by atoms with E-state index in [0.29, 0.717) is 12.2 Å². The van der Waals surface area contributed by atoms with Crippen molar-refractivity contribution >= 4 is 34.7 Å². The predicted octanol–water partition coefficient (Wildman–Crippen LogP) is 4.71. The van der Waals surface area contributed by atoms with Crippen LogP contribution >= 0.6 is 23.1 Å². The summed E-state index contributed by atoms with van der Waals surface area (Å²) >= 11 is 3.40.